The van der Waals surface area contributed by atoms with Gasteiger partial charge < -0.3 is 14.4 Å². The van der Waals surface area contributed by atoms with E-state index < -0.39 is 5.97 Å². The van der Waals surface area contributed by atoms with Crippen LogP contribution in [0, 0.1) is 11.8 Å². The van der Waals surface area contributed by atoms with Gasteiger partial charge in [0.2, 0.25) is 0 Å². The van der Waals surface area contributed by atoms with Crippen LogP contribution in [0.1, 0.15) is 30.6 Å². The van der Waals surface area contributed by atoms with E-state index in [2.05, 4.69) is 13.8 Å². The zero-order chi connectivity index (χ0) is 16.1. The number of hydrogen-bond donors (Lipinski definition) is 0. The predicted molar refractivity (Wildman–Crippen MR) is 82.8 cm³/mol. The van der Waals surface area contributed by atoms with E-state index >= 15 is 0 Å². The minimum absolute atomic E-state index is 0.125. The highest BCUT2D eigenvalue weighted by Gasteiger charge is 2.26. The van der Waals surface area contributed by atoms with Crippen molar-refractivity contribution in [1.29, 1.82) is 0 Å². The van der Waals surface area contributed by atoms with Gasteiger partial charge in [-0.3, -0.25) is 4.79 Å². The fraction of sp³-hybridized carbons (Fsp3) is 0.529. The lowest BCUT2D eigenvalue weighted by molar-refractivity contribution is -0.137. The predicted octanol–water partition coefficient (Wildman–Crippen LogP) is 2.36. The number of benzene rings is 1. The molecular formula is C17H23NO4. The van der Waals surface area contributed by atoms with Gasteiger partial charge in [-0.2, -0.15) is 0 Å². The first kappa shape index (κ1) is 16.3. The molecular weight excluding hydrogens is 282 g/mol. The zero-order valence-electron chi connectivity index (χ0n) is 13.4. The van der Waals surface area contributed by atoms with Crippen molar-refractivity contribution in [3.05, 3.63) is 29.8 Å². The fourth-order valence-corrected chi connectivity index (χ4v) is 2.90. The van der Waals surface area contributed by atoms with Gasteiger partial charge in [0.25, 0.3) is 5.91 Å². The number of nitrogens with zero attached hydrogens (tertiary/aromatic N) is 1. The van der Waals surface area contributed by atoms with Crippen LogP contribution in [0.15, 0.2) is 24.3 Å². The lowest BCUT2D eigenvalue weighted by Gasteiger charge is -2.34. The van der Waals surface area contributed by atoms with Gasteiger partial charge in [0.1, 0.15) is 5.75 Å². The van der Waals surface area contributed by atoms with E-state index in [-0.39, 0.29) is 12.5 Å². The number of carbonyl (C=O) groups excluding carboxylic acids is 2. The van der Waals surface area contributed by atoms with Crippen molar-refractivity contribution in [1.82, 2.24) is 4.90 Å². The molecule has 0 N–H and O–H groups in total. The summed E-state index contributed by atoms with van der Waals surface area (Å²) >= 11 is 0. The van der Waals surface area contributed by atoms with Crippen molar-refractivity contribution < 1.29 is 19.1 Å². The summed E-state index contributed by atoms with van der Waals surface area (Å²) in [6.45, 7) is 5.55. The van der Waals surface area contributed by atoms with Gasteiger partial charge in [0.15, 0.2) is 6.61 Å². The second kappa shape index (κ2) is 7.29. The van der Waals surface area contributed by atoms with Crippen molar-refractivity contribution >= 4 is 11.9 Å². The normalized spacial score (nSPS) is 21.3. The molecule has 1 heterocycles. The Morgan fingerprint density at radius 1 is 1.14 bits per heavy atom. The van der Waals surface area contributed by atoms with Crippen LogP contribution >= 0.6 is 0 Å². The Morgan fingerprint density at radius 3 is 2.27 bits per heavy atom. The summed E-state index contributed by atoms with van der Waals surface area (Å²) in [4.78, 5) is 25.9. The summed E-state index contributed by atoms with van der Waals surface area (Å²) in [5.41, 5.74) is 0.411. The summed E-state index contributed by atoms with van der Waals surface area (Å²) in [6, 6.07) is 6.62. The van der Waals surface area contributed by atoms with Crippen LogP contribution in [0.4, 0.5) is 0 Å². The third kappa shape index (κ3) is 4.23. The lowest BCUT2D eigenvalue weighted by Crippen LogP contribution is -2.44. The van der Waals surface area contributed by atoms with Crippen molar-refractivity contribution in [3.8, 4) is 5.75 Å². The molecule has 1 aromatic rings. The molecule has 22 heavy (non-hydrogen) atoms. The molecule has 0 aromatic heterocycles. The second-order valence-corrected chi connectivity index (χ2v) is 6.05. The Hall–Kier alpha value is -2.04. The third-order valence-electron chi connectivity index (χ3n) is 3.87. The molecule has 0 bridgehead atoms. The highest BCUT2D eigenvalue weighted by molar-refractivity contribution is 5.91. The number of methoxy groups -OCH3 is 1. The molecule has 0 saturated carbocycles. The number of piperidine rings is 1. The van der Waals surface area contributed by atoms with Gasteiger partial charge in [-0.1, -0.05) is 13.8 Å². The molecule has 5 nitrogen and oxygen atoms in total. The first-order valence-corrected chi connectivity index (χ1v) is 7.58. The zero-order valence-corrected chi connectivity index (χ0v) is 13.4. The maximum atomic E-state index is 12.2. The van der Waals surface area contributed by atoms with Gasteiger partial charge in [-0.15, -0.1) is 0 Å². The number of likely N-dealkylation sites (tertiary alicyclic amines) is 1. The molecule has 1 fully saturated rings. The van der Waals surface area contributed by atoms with Gasteiger partial charge in [0.05, 0.1) is 12.7 Å². The summed E-state index contributed by atoms with van der Waals surface area (Å²) in [6.07, 6.45) is 1.13. The summed E-state index contributed by atoms with van der Waals surface area (Å²) in [5, 5.41) is 0. The molecule has 5 heteroatoms. The van der Waals surface area contributed by atoms with Crippen LogP contribution in [0.3, 0.4) is 0 Å². The van der Waals surface area contributed by atoms with Crippen LogP contribution in [-0.4, -0.2) is 43.6 Å². The number of amides is 1. The van der Waals surface area contributed by atoms with E-state index in [0.29, 0.717) is 23.1 Å². The maximum absolute atomic E-state index is 12.2. The number of rotatable bonds is 4. The Morgan fingerprint density at radius 2 is 1.73 bits per heavy atom. The molecule has 0 spiro atoms. The highest BCUT2D eigenvalue weighted by Crippen LogP contribution is 2.21. The maximum Gasteiger partial charge on any atom is 0.338 e. The number of carbonyl (C=O) groups is 2. The van der Waals surface area contributed by atoms with Gasteiger partial charge in [-0.05, 0) is 42.5 Å². The second-order valence-electron chi connectivity index (χ2n) is 6.05. The van der Waals surface area contributed by atoms with Crippen molar-refractivity contribution in [3.63, 3.8) is 0 Å². The first-order valence-electron chi connectivity index (χ1n) is 7.58. The molecule has 2 rings (SSSR count). The van der Waals surface area contributed by atoms with Crippen molar-refractivity contribution in [2.75, 3.05) is 26.8 Å². The quantitative estimate of drug-likeness (QED) is 0.801. The molecule has 1 aromatic carbocycles. The van der Waals surface area contributed by atoms with Crippen LogP contribution in [0.2, 0.25) is 0 Å². The van der Waals surface area contributed by atoms with Gasteiger partial charge in [-0.25, -0.2) is 4.79 Å². The molecule has 120 valence electrons. The summed E-state index contributed by atoms with van der Waals surface area (Å²) < 4.78 is 10.1. The monoisotopic (exact) mass is 305 g/mol. The summed E-state index contributed by atoms with van der Waals surface area (Å²) in [5.74, 6) is 1.04. The molecule has 0 unspecified atom stereocenters. The molecule has 1 aliphatic heterocycles. The van der Waals surface area contributed by atoms with Crippen LogP contribution in [0.25, 0.3) is 0 Å². The van der Waals surface area contributed by atoms with Crippen LogP contribution in [0.5, 0.6) is 5.75 Å². The van der Waals surface area contributed by atoms with Crippen molar-refractivity contribution in [2.45, 2.75) is 20.3 Å². The molecule has 1 saturated heterocycles. The van der Waals surface area contributed by atoms with Crippen LogP contribution < -0.4 is 4.74 Å². The third-order valence-corrected chi connectivity index (χ3v) is 3.87. The minimum atomic E-state index is -0.492. The molecule has 1 amide bonds. The average molecular weight is 305 g/mol. The van der Waals surface area contributed by atoms with E-state index in [9.17, 15) is 9.59 Å². The van der Waals surface area contributed by atoms with E-state index in [1.54, 1.807) is 36.3 Å². The smallest absolute Gasteiger partial charge is 0.338 e. The van der Waals surface area contributed by atoms with Crippen molar-refractivity contribution in [2.24, 2.45) is 11.8 Å². The van der Waals surface area contributed by atoms with Gasteiger partial charge in [0, 0.05) is 13.1 Å². The molecule has 2 atom stereocenters. The minimum Gasteiger partial charge on any atom is -0.497 e. The largest absolute Gasteiger partial charge is 0.497 e. The topological polar surface area (TPSA) is 55.8 Å². The average Bonchev–Trinajstić information content (AvgIpc) is 2.51. The first-order chi connectivity index (χ1) is 10.5. The fourth-order valence-electron chi connectivity index (χ4n) is 2.90. The van der Waals surface area contributed by atoms with E-state index in [1.165, 1.54) is 0 Å². The highest BCUT2D eigenvalue weighted by atomic mass is 16.5. The Kier molecular flexibility index (Phi) is 5.41. The standard InChI is InChI=1S/C17H23NO4/c1-12-8-13(2)10-18(9-12)16(19)11-22-17(20)14-4-6-15(21-3)7-5-14/h4-7,12-13H,8-11H2,1-3H3/t12-,13-/m0/s1. The Bertz CT molecular complexity index is 516. The van der Waals surface area contributed by atoms with E-state index in [4.69, 9.17) is 9.47 Å². The number of hydrogen-bond acceptors (Lipinski definition) is 4. The molecule has 0 aliphatic carbocycles. The lowest BCUT2D eigenvalue weighted by atomic mass is 9.92. The SMILES string of the molecule is COc1ccc(C(=O)OCC(=O)N2C[C@@H](C)C[C@H](C)C2)cc1. The summed E-state index contributed by atoms with van der Waals surface area (Å²) in [7, 11) is 1.56. The van der Waals surface area contributed by atoms with E-state index in [1.807, 2.05) is 0 Å². The van der Waals surface area contributed by atoms with E-state index in [0.717, 1.165) is 19.5 Å². The number of ether oxygens (including phenoxy) is 2. The van der Waals surface area contributed by atoms with Crippen LogP contribution in [-0.2, 0) is 9.53 Å². The number of esters is 1. The van der Waals surface area contributed by atoms with Gasteiger partial charge >= 0.3 is 5.97 Å². The Labute approximate surface area is 131 Å². The molecule has 1 aliphatic rings. The Balaban J connectivity index is 1.85. The molecule has 0 radical (unpaired) electrons.